The Balaban J connectivity index is 2.37. The van der Waals surface area contributed by atoms with E-state index in [4.69, 9.17) is 4.74 Å². The van der Waals surface area contributed by atoms with Crippen LogP contribution in [0.3, 0.4) is 0 Å². The summed E-state index contributed by atoms with van der Waals surface area (Å²) in [6.45, 7) is 1.33. The summed E-state index contributed by atoms with van der Waals surface area (Å²) in [6.07, 6.45) is 0.932. The van der Waals surface area contributed by atoms with Crippen molar-refractivity contribution >= 4 is 5.91 Å². The van der Waals surface area contributed by atoms with Gasteiger partial charge in [0, 0.05) is 20.6 Å². The Labute approximate surface area is 109 Å². The van der Waals surface area contributed by atoms with Crippen molar-refractivity contribution < 1.29 is 9.53 Å². The van der Waals surface area contributed by atoms with E-state index in [1.165, 1.54) is 5.56 Å². The van der Waals surface area contributed by atoms with Gasteiger partial charge in [-0.1, -0.05) is 12.1 Å². The number of methoxy groups -OCH3 is 1. The van der Waals surface area contributed by atoms with Gasteiger partial charge in [0.05, 0.1) is 13.7 Å². The summed E-state index contributed by atoms with van der Waals surface area (Å²) in [5, 5.41) is 0. The van der Waals surface area contributed by atoms with Gasteiger partial charge in [-0.15, -0.1) is 0 Å². The van der Waals surface area contributed by atoms with E-state index in [9.17, 15) is 4.79 Å². The second-order valence-corrected chi connectivity index (χ2v) is 4.62. The summed E-state index contributed by atoms with van der Waals surface area (Å²) in [6, 6.07) is 8.03. The quantitative estimate of drug-likeness (QED) is 0.762. The molecule has 0 heterocycles. The minimum atomic E-state index is 0.132. The van der Waals surface area contributed by atoms with Crippen LogP contribution in [-0.2, 0) is 11.2 Å². The van der Waals surface area contributed by atoms with Crippen LogP contribution in [0.4, 0.5) is 0 Å². The van der Waals surface area contributed by atoms with Gasteiger partial charge in [-0.25, -0.2) is 0 Å². The van der Waals surface area contributed by atoms with Crippen LogP contribution >= 0.6 is 0 Å². The third kappa shape index (κ3) is 4.75. The number of hydrogen-bond donors (Lipinski definition) is 0. The van der Waals surface area contributed by atoms with E-state index in [1.54, 1.807) is 26.1 Å². The molecule has 0 atom stereocenters. The maximum atomic E-state index is 11.5. The first-order valence-electron chi connectivity index (χ1n) is 6.04. The minimum Gasteiger partial charge on any atom is -0.497 e. The second-order valence-electron chi connectivity index (χ2n) is 4.62. The molecule has 0 unspecified atom stereocenters. The van der Waals surface area contributed by atoms with Crippen molar-refractivity contribution in [1.29, 1.82) is 0 Å². The predicted molar refractivity (Wildman–Crippen MR) is 72.9 cm³/mol. The van der Waals surface area contributed by atoms with Crippen molar-refractivity contribution in [3.63, 3.8) is 0 Å². The van der Waals surface area contributed by atoms with Crippen LogP contribution < -0.4 is 4.74 Å². The van der Waals surface area contributed by atoms with Gasteiger partial charge >= 0.3 is 0 Å². The van der Waals surface area contributed by atoms with Crippen molar-refractivity contribution in [1.82, 2.24) is 9.80 Å². The number of ether oxygens (including phenoxy) is 1. The second kappa shape index (κ2) is 7.01. The molecule has 0 aliphatic rings. The van der Waals surface area contributed by atoms with Crippen LogP contribution in [0.1, 0.15) is 5.56 Å². The van der Waals surface area contributed by atoms with Crippen molar-refractivity contribution in [2.24, 2.45) is 0 Å². The molecular weight excluding hydrogens is 228 g/mol. The fourth-order valence-corrected chi connectivity index (χ4v) is 1.56. The maximum absolute atomic E-state index is 11.5. The standard InChI is InChI=1S/C14H22N2O2/c1-15(2)14(17)11-16(3)10-9-12-5-7-13(18-4)8-6-12/h5-8H,9-11H2,1-4H3. The largest absolute Gasteiger partial charge is 0.497 e. The molecule has 0 bridgehead atoms. The van der Waals surface area contributed by atoms with Crippen molar-refractivity contribution in [3.05, 3.63) is 29.8 Å². The summed E-state index contributed by atoms with van der Waals surface area (Å²) in [5.74, 6) is 1.00. The molecule has 4 heteroatoms. The number of benzene rings is 1. The van der Waals surface area contributed by atoms with Crippen LogP contribution in [0.15, 0.2) is 24.3 Å². The molecule has 1 amide bonds. The maximum Gasteiger partial charge on any atom is 0.236 e. The zero-order valence-corrected chi connectivity index (χ0v) is 11.6. The van der Waals surface area contributed by atoms with Crippen molar-refractivity contribution in [2.75, 3.05) is 41.3 Å². The summed E-state index contributed by atoms with van der Waals surface area (Å²) >= 11 is 0. The highest BCUT2D eigenvalue weighted by atomic mass is 16.5. The minimum absolute atomic E-state index is 0.132. The number of carbonyl (C=O) groups is 1. The lowest BCUT2D eigenvalue weighted by atomic mass is 10.1. The molecule has 0 N–H and O–H groups in total. The van der Waals surface area contributed by atoms with Crippen LogP contribution in [0.5, 0.6) is 5.75 Å². The first-order valence-corrected chi connectivity index (χ1v) is 6.04. The first kappa shape index (κ1) is 14.5. The van der Waals surface area contributed by atoms with Gasteiger partial charge in [0.25, 0.3) is 0 Å². The smallest absolute Gasteiger partial charge is 0.236 e. The molecular formula is C14H22N2O2. The van der Waals surface area contributed by atoms with E-state index >= 15 is 0 Å². The predicted octanol–water partition coefficient (Wildman–Crippen LogP) is 1.26. The molecule has 0 aliphatic heterocycles. The molecule has 18 heavy (non-hydrogen) atoms. The Morgan fingerprint density at radius 3 is 2.28 bits per heavy atom. The van der Waals surface area contributed by atoms with Gasteiger partial charge < -0.3 is 9.64 Å². The Bertz CT molecular complexity index is 374. The highest BCUT2D eigenvalue weighted by Gasteiger charge is 2.08. The highest BCUT2D eigenvalue weighted by molar-refractivity contribution is 5.77. The fourth-order valence-electron chi connectivity index (χ4n) is 1.56. The molecule has 0 fully saturated rings. The molecule has 0 aromatic heterocycles. The van der Waals surface area contributed by atoms with Crippen LogP contribution in [0.25, 0.3) is 0 Å². The summed E-state index contributed by atoms with van der Waals surface area (Å²) in [4.78, 5) is 15.2. The van der Waals surface area contributed by atoms with Crippen LogP contribution in [-0.4, -0.2) is 57.0 Å². The number of nitrogens with zero attached hydrogens (tertiary/aromatic N) is 2. The first-order chi connectivity index (χ1) is 8.52. The van der Waals surface area contributed by atoms with Gasteiger partial charge in [0.1, 0.15) is 5.75 Å². The average molecular weight is 250 g/mol. The monoisotopic (exact) mass is 250 g/mol. The van der Waals surface area contributed by atoms with Gasteiger partial charge in [0.2, 0.25) is 5.91 Å². The normalized spacial score (nSPS) is 10.5. The number of amides is 1. The SMILES string of the molecule is COc1ccc(CCN(C)CC(=O)N(C)C)cc1. The molecule has 0 saturated heterocycles. The van der Waals surface area contributed by atoms with Gasteiger partial charge in [-0.2, -0.15) is 0 Å². The molecule has 1 aromatic carbocycles. The van der Waals surface area contributed by atoms with E-state index in [2.05, 4.69) is 12.1 Å². The fraction of sp³-hybridized carbons (Fsp3) is 0.500. The van der Waals surface area contributed by atoms with Crippen molar-refractivity contribution in [3.8, 4) is 5.75 Å². The molecule has 4 nitrogen and oxygen atoms in total. The third-order valence-electron chi connectivity index (χ3n) is 2.85. The molecule has 0 spiro atoms. The molecule has 1 rings (SSSR count). The van der Waals surface area contributed by atoms with Crippen LogP contribution in [0.2, 0.25) is 0 Å². The zero-order valence-electron chi connectivity index (χ0n) is 11.6. The van der Waals surface area contributed by atoms with Gasteiger partial charge in [0.15, 0.2) is 0 Å². The lowest BCUT2D eigenvalue weighted by molar-refractivity contribution is -0.129. The Hall–Kier alpha value is -1.55. The number of carbonyl (C=O) groups excluding carboxylic acids is 1. The molecule has 1 aromatic rings. The average Bonchev–Trinajstić information content (AvgIpc) is 2.36. The molecule has 100 valence electrons. The molecule has 0 radical (unpaired) electrons. The van der Waals surface area contributed by atoms with E-state index in [0.29, 0.717) is 6.54 Å². The van der Waals surface area contributed by atoms with Crippen LogP contribution in [0, 0.1) is 0 Å². The van der Waals surface area contributed by atoms with Gasteiger partial charge in [-0.05, 0) is 31.2 Å². The zero-order chi connectivity index (χ0) is 13.5. The van der Waals surface area contributed by atoms with Gasteiger partial charge in [-0.3, -0.25) is 9.69 Å². The lowest BCUT2D eigenvalue weighted by Gasteiger charge is -2.18. The topological polar surface area (TPSA) is 32.8 Å². The summed E-state index contributed by atoms with van der Waals surface area (Å²) in [5.41, 5.74) is 1.25. The lowest BCUT2D eigenvalue weighted by Crippen LogP contribution is -2.35. The third-order valence-corrected chi connectivity index (χ3v) is 2.85. The van der Waals surface area contributed by atoms with E-state index in [1.807, 2.05) is 24.1 Å². The Kier molecular flexibility index (Phi) is 5.65. The Morgan fingerprint density at radius 2 is 1.78 bits per heavy atom. The Morgan fingerprint density at radius 1 is 1.17 bits per heavy atom. The van der Waals surface area contributed by atoms with E-state index in [-0.39, 0.29) is 5.91 Å². The van der Waals surface area contributed by atoms with E-state index in [0.717, 1.165) is 18.7 Å². The van der Waals surface area contributed by atoms with E-state index < -0.39 is 0 Å². The number of rotatable bonds is 6. The summed E-state index contributed by atoms with van der Waals surface area (Å²) < 4.78 is 5.11. The van der Waals surface area contributed by atoms with Crippen molar-refractivity contribution in [2.45, 2.75) is 6.42 Å². The summed E-state index contributed by atoms with van der Waals surface area (Å²) in [7, 11) is 7.18. The number of likely N-dealkylation sites (N-methyl/N-ethyl adjacent to an activating group) is 2. The molecule has 0 saturated carbocycles. The highest BCUT2D eigenvalue weighted by Crippen LogP contribution is 2.11. The number of hydrogen-bond acceptors (Lipinski definition) is 3. The molecule has 0 aliphatic carbocycles.